The molecule has 0 fully saturated rings. The van der Waals surface area contributed by atoms with Crippen LogP contribution < -0.4 is 4.74 Å². The van der Waals surface area contributed by atoms with Crippen LogP contribution in [0.3, 0.4) is 0 Å². The maximum absolute atomic E-state index is 13.8. The van der Waals surface area contributed by atoms with Crippen molar-refractivity contribution in [2.45, 2.75) is 24.1 Å². The number of aromatic nitrogens is 2. The van der Waals surface area contributed by atoms with Crippen LogP contribution in [0.4, 0.5) is 4.39 Å². The van der Waals surface area contributed by atoms with Crippen LogP contribution in [0.15, 0.2) is 59.9 Å². The van der Waals surface area contributed by atoms with Gasteiger partial charge in [-0.3, -0.25) is 0 Å². The molecule has 0 aliphatic rings. The fraction of sp³-hybridized carbons (Fsp3) is 0.211. The Morgan fingerprint density at radius 3 is 2.60 bits per heavy atom. The molecular weight excluding hydrogens is 339 g/mol. The van der Waals surface area contributed by atoms with Crippen LogP contribution in [-0.4, -0.2) is 21.8 Å². The van der Waals surface area contributed by atoms with Crippen LogP contribution in [0.5, 0.6) is 5.75 Å². The quantitative estimate of drug-likeness (QED) is 0.652. The monoisotopic (exact) mass is 358 g/mol. The molecule has 0 bridgehead atoms. The Balaban J connectivity index is 1.78. The first-order chi connectivity index (χ1) is 12.2. The van der Waals surface area contributed by atoms with Crippen molar-refractivity contribution < 1.29 is 14.2 Å². The zero-order valence-electron chi connectivity index (χ0n) is 13.9. The van der Waals surface area contributed by atoms with E-state index in [1.54, 1.807) is 25.4 Å². The Labute approximate surface area is 150 Å². The van der Waals surface area contributed by atoms with Gasteiger partial charge in [0.15, 0.2) is 5.16 Å². The highest BCUT2D eigenvalue weighted by Crippen LogP contribution is 2.25. The van der Waals surface area contributed by atoms with Gasteiger partial charge in [0.05, 0.1) is 25.6 Å². The standard InChI is InChI=1S/C19H19FN2O2S/c1-24-17-8-6-14(7-9-17)11-22-16(12-23)10-21-19(22)25-13-15-4-2-3-5-18(15)20/h2-10,23H,11-13H2,1H3. The maximum Gasteiger partial charge on any atom is 0.168 e. The molecule has 0 aliphatic heterocycles. The Morgan fingerprint density at radius 1 is 1.16 bits per heavy atom. The molecule has 3 aromatic rings. The van der Waals surface area contributed by atoms with Gasteiger partial charge in [-0.15, -0.1) is 0 Å². The highest BCUT2D eigenvalue weighted by Gasteiger charge is 2.12. The molecule has 1 aromatic heterocycles. The average molecular weight is 358 g/mol. The largest absolute Gasteiger partial charge is 0.497 e. The maximum atomic E-state index is 13.8. The van der Waals surface area contributed by atoms with Crippen molar-refractivity contribution in [2.75, 3.05) is 7.11 Å². The molecule has 0 unspecified atom stereocenters. The lowest BCUT2D eigenvalue weighted by atomic mass is 10.2. The second kappa shape index (κ2) is 8.18. The van der Waals surface area contributed by atoms with Crippen molar-refractivity contribution in [3.63, 3.8) is 0 Å². The normalized spacial score (nSPS) is 10.8. The Hall–Kier alpha value is -2.31. The molecule has 0 saturated carbocycles. The zero-order valence-corrected chi connectivity index (χ0v) is 14.7. The molecule has 130 valence electrons. The van der Waals surface area contributed by atoms with E-state index < -0.39 is 0 Å². The Bertz CT molecular complexity index is 834. The minimum atomic E-state index is -0.217. The van der Waals surface area contributed by atoms with Crippen molar-refractivity contribution in [3.8, 4) is 5.75 Å². The number of nitrogens with zero attached hydrogens (tertiary/aromatic N) is 2. The van der Waals surface area contributed by atoms with E-state index in [1.165, 1.54) is 17.8 Å². The van der Waals surface area contributed by atoms with Gasteiger partial charge in [-0.1, -0.05) is 42.1 Å². The first-order valence-electron chi connectivity index (χ1n) is 7.85. The molecule has 0 spiro atoms. The van der Waals surface area contributed by atoms with Crippen molar-refractivity contribution in [3.05, 3.63) is 77.4 Å². The van der Waals surface area contributed by atoms with E-state index in [0.29, 0.717) is 17.9 Å². The summed E-state index contributed by atoms with van der Waals surface area (Å²) in [6.07, 6.45) is 1.66. The second-order valence-corrected chi connectivity index (χ2v) is 6.45. The van der Waals surface area contributed by atoms with Crippen LogP contribution in [-0.2, 0) is 18.9 Å². The van der Waals surface area contributed by atoms with Crippen LogP contribution in [0.25, 0.3) is 0 Å². The molecule has 25 heavy (non-hydrogen) atoms. The highest BCUT2D eigenvalue weighted by molar-refractivity contribution is 7.98. The summed E-state index contributed by atoms with van der Waals surface area (Å²) in [4.78, 5) is 4.38. The fourth-order valence-electron chi connectivity index (χ4n) is 2.47. The van der Waals surface area contributed by atoms with Crippen molar-refractivity contribution in [2.24, 2.45) is 0 Å². The van der Waals surface area contributed by atoms with Gasteiger partial charge in [0.2, 0.25) is 0 Å². The van der Waals surface area contributed by atoms with E-state index in [1.807, 2.05) is 34.9 Å². The number of methoxy groups -OCH3 is 1. The predicted molar refractivity (Wildman–Crippen MR) is 96.2 cm³/mol. The summed E-state index contributed by atoms with van der Waals surface area (Å²) >= 11 is 1.45. The number of imidazole rings is 1. The molecule has 2 aromatic carbocycles. The molecule has 0 radical (unpaired) electrons. The SMILES string of the molecule is COc1ccc(Cn2c(CO)cnc2SCc2ccccc2F)cc1. The van der Waals surface area contributed by atoms with Gasteiger partial charge in [0.1, 0.15) is 11.6 Å². The van der Waals surface area contributed by atoms with Gasteiger partial charge in [-0.05, 0) is 29.3 Å². The number of aliphatic hydroxyl groups excluding tert-OH is 1. The van der Waals surface area contributed by atoms with Crippen LogP contribution in [0.2, 0.25) is 0 Å². The van der Waals surface area contributed by atoms with Crippen molar-refractivity contribution in [1.29, 1.82) is 0 Å². The average Bonchev–Trinajstić information content (AvgIpc) is 3.03. The molecule has 0 atom stereocenters. The topological polar surface area (TPSA) is 47.3 Å². The fourth-order valence-corrected chi connectivity index (χ4v) is 3.46. The zero-order chi connectivity index (χ0) is 17.6. The molecule has 3 rings (SSSR count). The minimum absolute atomic E-state index is 0.0938. The van der Waals surface area contributed by atoms with Gasteiger partial charge < -0.3 is 14.4 Å². The molecule has 4 nitrogen and oxygen atoms in total. The lowest BCUT2D eigenvalue weighted by Crippen LogP contribution is -2.06. The third-order valence-corrected chi connectivity index (χ3v) is 4.92. The van der Waals surface area contributed by atoms with Crippen LogP contribution in [0, 0.1) is 5.82 Å². The molecule has 1 heterocycles. The number of rotatable bonds is 7. The smallest absolute Gasteiger partial charge is 0.168 e. The summed E-state index contributed by atoms with van der Waals surface area (Å²) in [5, 5.41) is 10.3. The number of halogens is 1. The predicted octanol–water partition coefficient (Wildman–Crippen LogP) is 3.86. The summed E-state index contributed by atoms with van der Waals surface area (Å²) in [6.45, 7) is 0.489. The van der Waals surface area contributed by atoms with E-state index in [9.17, 15) is 9.50 Å². The number of aliphatic hydroxyl groups is 1. The van der Waals surface area contributed by atoms with Gasteiger partial charge in [0, 0.05) is 12.3 Å². The first-order valence-corrected chi connectivity index (χ1v) is 8.84. The third-order valence-electron chi connectivity index (χ3n) is 3.88. The highest BCUT2D eigenvalue weighted by atomic mass is 32.2. The molecular formula is C19H19FN2O2S. The van der Waals surface area contributed by atoms with Crippen molar-refractivity contribution >= 4 is 11.8 Å². The van der Waals surface area contributed by atoms with Gasteiger partial charge in [-0.2, -0.15) is 0 Å². The van der Waals surface area contributed by atoms with Crippen molar-refractivity contribution in [1.82, 2.24) is 9.55 Å². The lowest BCUT2D eigenvalue weighted by Gasteiger charge is -2.11. The Kier molecular flexibility index (Phi) is 5.73. The minimum Gasteiger partial charge on any atom is -0.497 e. The number of hydrogen-bond acceptors (Lipinski definition) is 4. The number of benzene rings is 2. The summed E-state index contributed by atoms with van der Waals surface area (Å²) in [5.74, 6) is 1.06. The third kappa shape index (κ3) is 4.21. The number of ether oxygens (including phenoxy) is 1. The van der Waals surface area contributed by atoms with Crippen LogP contribution >= 0.6 is 11.8 Å². The summed E-state index contributed by atoms with van der Waals surface area (Å²) in [5.41, 5.74) is 2.44. The number of hydrogen-bond donors (Lipinski definition) is 1. The van der Waals surface area contributed by atoms with Gasteiger partial charge >= 0.3 is 0 Å². The molecule has 0 aliphatic carbocycles. The van der Waals surface area contributed by atoms with E-state index >= 15 is 0 Å². The second-order valence-electron chi connectivity index (χ2n) is 5.50. The molecule has 6 heteroatoms. The Morgan fingerprint density at radius 2 is 1.92 bits per heavy atom. The van der Waals surface area contributed by atoms with Gasteiger partial charge in [-0.25, -0.2) is 9.37 Å². The lowest BCUT2D eigenvalue weighted by molar-refractivity contribution is 0.270. The summed E-state index contributed by atoms with van der Waals surface area (Å²) in [6, 6.07) is 14.5. The van der Waals surface area contributed by atoms with Gasteiger partial charge in [0.25, 0.3) is 0 Å². The summed E-state index contributed by atoms with van der Waals surface area (Å²) < 4.78 is 20.9. The van der Waals surface area contributed by atoms with E-state index in [2.05, 4.69) is 4.98 Å². The molecule has 0 saturated heterocycles. The van der Waals surface area contributed by atoms with E-state index in [4.69, 9.17) is 4.74 Å². The van der Waals surface area contributed by atoms with E-state index in [0.717, 1.165) is 22.2 Å². The van der Waals surface area contributed by atoms with E-state index in [-0.39, 0.29) is 12.4 Å². The molecule has 1 N–H and O–H groups in total. The van der Waals surface area contributed by atoms with Crippen LogP contribution in [0.1, 0.15) is 16.8 Å². The summed E-state index contributed by atoms with van der Waals surface area (Å²) in [7, 11) is 1.63. The first kappa shape index (κ1) is 17.5. The molecule has 0 amide bonds. The number of thioether (sulfide) groups is 1.